The maximum atomic E-state index is 13.0. The second-order valence-electron chi connectivity index (χ2n) is 12.5. The van der Waals surface area contributed by atoms with Crippen molar-refractivity contribution in [2.75, 3.05) is 13.2 Å². The van der Waals surface area contributed by atoms with Gasteiger partial charge < -0.3 is 19.7 Å². The van der Waals surface area contributed by atoms with Gasteiger partial charge in [-0.2, -0.15) is 0 Å². The predicted molar refractivity (Wildman–Crippen MR) is 184 cm³/mol. The van der Waals surface area contributed by atoms with Crippen LogP contribution in [0.5, 0.6) is 11.5 Å². The number of unbranched alkanes of at least 4 members (excludes halogenated alkanes) is 10. The van der Waals surface area contributed by atoms with E-state index in [4.69, 9.17) is 9.47 Å². The summed E-state index contributed by atoms with van der Waals surface area (Å²) in [7, 11) is 0. The quantitative estimate of drug-likeness (QED) is 0.108. The van der Waals surface area contributed by atoms with Crippen molar-refractivity contribution in [2.45, 2.75) is 102 Å². The van der Waals surface area contributed by atoms with Crippen molar-refractivity contribution >= 4 is 0 Å². The van der Waals surface area contributed by atoms with Gasteiger partial charge >= 0.3 is 0 Å². The van der Waals surface area contributed by atoms with Gasteiger partial charge in [0, 0.05) is 23.5 Å². The molecule has 6 heteroatoms. The van der Waals surface area contributed by atoms with E-state index in [1.165, 1.54) is 51.4 Å². The number of aromatic nitrogens is 2. The molecule has 1 aliphatic carbocycles. The molecule has 6 nitrogen and oxygen atoms in total. The van der Waals surface area contributed by atoms with Gasteiger partial charge in [0.2, 0.25) is 0 Å². The van der Waals surface area contributed by atoms with Gasteiger partial charge in [0.1, 0.15) is 11.5 Å². The van der Waals surface area contributed by atoms with E-state index in [0.29, 0.717) is 46.9 Å². The Morgan fingerprint density at radius 1 is 0.500 bits per heavy atom. The minimum Gasteiger partial charge on any atom is -0.494 e. The molecule has 0 bridgehead atoms. The Labute approximate surface area is 274 Å². The van der Waals surface area contributed by atoms with Crippen LogP contribution in [0.15, 0.2) is 85.2 Å². The van der Waals surface area contributed by atoms with Crippen LogP contribution < -0.4 is 9.47 Å². The first-order valence-electron chi connectivity index (χ1n) is 17.4. The molecular weight excluding hydrogens is 572 g/mol. The fraction of sp³-hybridized carbons (Fsp3) is 0.450. The second kappa shape index (κ2) is 16.2. The minimum absolute atomic E-state index is 0.493. The molecule has 0 amide bonds. The van der Waals surface area contributed by atoms with Crippen LogP contribution in [0.2, 0.25) is 0 Å². The van der Waals surface area contributed by atoms with Crippen molar-refractivity contribution in [3.63, 3.8) is 0 Å². The van der Waals surface area contributed by atoms with Crippen LogP contribution in [0.25, 0.3) is 11.4 Å². The molecule has 0 unspecified atom stereocenters. The van der Waals surface area contributed by atoms with Crippen LogP contribution in [0.4, 0.5) is 0 Å². The highest BCUT2D eigenvalue weighted by Crippen LogP contribution is 2.56. The van der Waals surface area contributed by atoms with Crippen LogP contribution >= 0.6 is 0 Å². The molecule has 0 fully saturated rings. The number of rotatable bonds is 18. The summed E-state index contributed by atoms with van der Waals surface area (Å²) in [5.74, 6) is 1.47. The normalized spacial score (nSPS) is 18.5. The molecule has 0 aliphatic heterocycles. The first-order valence-corrected chi connectivity index (χ1v) is 17.4. The molecule has 244 valence electrons. The van der Waals surface area contributed by atoms with Gasteiger partial charge in [-0.25, -0.2) is 0 Å². The third-order valence-corrected chi connectivity index (χ3v) is 9.22. The monoisotopic (exact) mass is 622 g/mol. The first kappa shape index (κ1) is 33.6. The average molecular weight is 623 g/mol. The molecular formula is C40H50N2O4. The summed E-state index contributed by atoms with van der Waals surface area (Å²) < 4.78 is 12.1. The Hall–Kier alpha value is -3.74. The van der Waals surface area contributed by atoms with Crippen molar-refractivity contribution < 1.29 is 19.7 Å². The first-order chi connectivity index (χ1) is 22.5. The Bertz CT molecular complexity index is 1390. The molecule has 2 N–H and O–H groups in total. The molecule has 2 atom stereocenters. The standard InChI is InChI=1S/C40H50N2O4/c1-3-5-7-9-11-13-29-45-33-23-19-31(20-24-33)39(43)35-17-15-27-41-37(35)38-36(18-16-28-42-38)40(39,44)32-21-25-34(26-22-32)46-30-14-12-10-8-6-4-2/h15-28,43-44H,3-14,29-30H2,1-2H3/t39-,40-/m1/s1. The summed E-state index contributed by atoms with van der Waals surface area (Å²) in [6.07, 6.45) is 17.8. The van der Waals surface area contributed by atoms with E-state index in [0.717, 1.165) is 37.2 Å². The van der Waals surface area contributed by atoms with Crippen LogP contribution in [0, 0.1) is 0 Å². The highest BCUT2D eigenvalue weighted by molar-refractivity contribution is 5.74. The number of nitrogens with zero attached hydrogens (tertiary/aromatic N) is 2. The van der Waals surface area contributed by atoms with E-state index in [9.17, 15) is 10.2 Å². The van der Waals surface area contributed by atoms with Crippen molar-refractivity contribution in [2.24, 2.45) is 0 Å². The molecule has 2 aromatic carbocycles. The smallest absolute Gasteiger partial charge is 0.154 e. The highest BCUT2D eigenvalue weighted by Gasteiger charge is 2.59. The Kier molecular flexibility index (Phi) is 11.8. The van der Waals surface area contributed by atoms with Crippen LogP contribution in [-0.4, -0.2) is 33.4 Å². The van der Waals surface area contributed by atoms with Gasteiger partial charge in [0.15, 0.2) is 11.2 Å². The van der Waals surface area contributed by atoms with Gasteiger partial charge in [0.25, 0.3) is 0 Å². The molecule has 1 aliphatic rings. The third kappa shape index (κ3) is 7.13. The average Bonchev–Trinajstić information content (AvgIpc) is 3.10. The van der Waals surface area contributed by atoms with Gasteiger partial charge in [-0.1, -0.05) is 114 Å². The lowest BCUT2D eigenvalue weighted by atomic mass is 9.62. The summed E-state index contributed by atoms with van der Waals surface area (Å²) in [5.41, 5.74) is -0.583. The van der Waals surface area contributed by atoms with E-state index in [2.05, 4.69) is 23.8 Å². The molecule has 5 rings (SSSR count). The third-order valence-electron chi connectivity index (χ3n) is 9.22. The van der Waals surface area contributed by atoms with E-state index in [-0.39, 0.29) is 0 Å². The lowest BCUT2D eigenvalue weighted by molar-refractivity contribution is -0.114. The molecule has 2 aromatic heterocycles. The summed E-state index contributed by atoms with van der Waals surface area (Å²) in [6, 6.07) is 22.1. The number of aliphatic hydroxyl groups is 2. The molecule has 4 aromatic rings. The van der Waals surface area contributed by atoms with E-state index >= 15 is 0 Å². The molecule has 2 heterocycles. The van der Waals surface area contributed by atoms with Gasteiger partial charge in [-0.05, 0) is 60.4 Å². The van der Waals surface area contributed by atoms with Gasteiger partial charge in [-0.3, -0.25) is 9.97 Å². The molecule has 0 saturated carbocycles. The summed E-state index contributed by atoms with van der Waals surface area (Å²) >= 11 is 0. The zero-order valence-electron chi connectivity index (χ0n) is 27.6. The maximum Gasteiger partial charge on any atom is 0.154 e. The minimum atomic E-state index is -1.87. The van der Waals surface area contributed by atoms with Crippen molar-refractivity contribution in [1.82, 2.24) is 9.97 Å². The SMILES string of the molecule is CCCCCCCCOc1ccc([C@@]2(O)c3cccnc3-c3ncccc3[C@]2(O)c2ccc(OCCCCCCCC)cc2)cc1. The van der Waals surface area contributed by atoms with Crippen molar-refractivity contribution in [3.05, 3.63) is 107 Å². The number of hydrogen-bond donors (Lipinski definition) is 2. The highest BCUT2D eigenvalue weighted by atomic mass is 16.5. The van der Waals surface area contributed by atoms with E-state index in [1.807, 2.05) is 60.7 Å². The summed E-state index contributed by atoms with van der Waals surface area (Å²) in [6.45, 7) is 5.76. The number of hydrogen-bond acceptors (Lipinski definition) is 6. The number of benzene rings is 2. The van der Waals surface area contributed by atoms with Gasteiger partial charge in [0.05, 0.1) is 24.6 Å². The Balaban J connectivity index is 1.41. The van der Waals surface area contributed by atoms with Crippen molar-refractivity contribution in [1.29, 1.82) is 0 Å². The molecule has 0 spiro atoms. The van der Waals surface area contributed by atoms with E-state index < -0.39 is 11.2 Å². The zero-order chi connectivity index (χ0) is 32.2. The van der Waals surface area contributed by atoms with Gasteiger partial charge in [-0.15, -0.1) is 0 Å². The topological polar surface area (TPSA) is 84.7 Å². The predicted octanol–water partition coefficient (Wildman–Crippen LogP) is 9.11. The Morgan fingerprint density at radius 2 is 0.870 bits per heavy atom. The van der Waals surface area contributed by atoms with Crippen LogP contribution in [0.3, 0.4) is 0 Å². The fourth-order valence-electron chi connectivity index (χ4n) is 6.62. The molecule has 0 radical (unpaired) electrons. The Morgan fingerprint density at radius 3 is 1.26 bits per heavy atom. The number of ether oxygens (including phenoxy) is 2. The second-order valence-corrected chi connectivity index (χ2v) is 12.5. The summed E-state index contributed by atoms with van der Waals surface area (Å²) in [5, 5.41) is 25.9. The largest absolute Gasteiger partial charge is 0.494 e. The number of fused-ring (bicyclic) bond motifs is 3. The molecule has 0 saturated heterocycles. The van der Waals surface area contributed by atoms with Crippen molar-refractivity contribution in [3.8, 4) is 22.9 Å². The molecule has 46 heavy (non-hydrogen) atoms. The van der Waals surface area contributed by atoms with Crippen LogP contribution in [-0.2, 0) is 11.2 Å². The lowest BCUT2D eigenvalue weighted by Crippen LogP contribution is -2.53. The fourth-order valence-corrected chi connectivity index (χ4v) is 6.62. The zero-order valence-corrected chi connectivity index (χ0v) is 27.6. The van der Waals surface area contributed by atoms with Crippen LogP contribution in [0.1, 0.15) is 113 Å². The number of pyridine rings is 2. The maximum absolute atomic E-state index is 13.0. The van der Waals surface area contributed by atoms with E-state index in [1.54, 1.807) is 24.5 Å². The lowest BCUT2D eigenvalue weighted by Gasteiger charge is -2.48. The summed E-state index contributed by atoms with van der Waals surface area (Å²) in [4.78, 5) is 9.27.